The van der Waals surface area contributed by atoms with E-state index in [1.54, 1.807) is 0 Å². The van der Waals surface area contributed by atoms with Crippen LogP contribution in [-0.2, 0) is 42.9 Å². The number of aliphatic carboxylic acids is 1. The molecule has 1 fully saturated rings. The van der Waals surface area contributed by atoms with Gasteiger partial charge in [-0.2, -0.15) is 0 Å². The zero-order chi connectivity index (χ0) is 51.8. The molecule has 1 aliphatic rings. The Bertz CT molecular complexity index is 1470. The van der Waals surface area contributed by atoms with E-state index in [0.717, 1.165) is 116 Å². The van der Waals surface area contributed by atoms with Crippen molar-refractivity contribution in [3.63, 3.8) is 0 Å². The molecule has 71 heavy (non-hydrogen) atoms. The predicted molar refractivity (Wildman–Crippen MR) is 285 cm³/mol. The van der Waals surface area contributed by atoms with Crippen molar-refractivity contribution in [3.05, 3.63) is 60.8 Å². The standard InChI is InChI=1S/C59H100O12/c1-4-7-10-13-16-19-22-24-25-26-27-29-32-35-38-41-44-47-53(62)70-57-55(64)54(63)56(58(65)66)71-59(57)68-49-50(69-52(61)46-43-40-37-34-30-21-18-15-12-9-6-3)48-67-51(60)45-42-39-36-33-31-28-23-20-17-14-11-8-5-2/h8,11,16-17,19-20,24-25,28,31,50,54-57,59,63-64H,4-7,9-10,12-15,18,21-23,26-27,29-30,32-49H2,1-3H3,(H,65,66)/b11-8-,19-16-,20-17-,25-24-,31-28-. The van der Waals surface area contributed by atoms with Crippen LogP contribution in [0.4, 0.5) is 0 Å². The molecule has 12 nitrogen and oxygen atoms in total. The summed E-state index contributed by atoms with van der Waals surface area (Å²) in [6, 6.07) is 0. The number of esters is 3. The number of ether oxygens (including phenoxy) is 5. The highest BCUT2D eigenvalue weighted by atomic mass is 16.7. The first-order chi connectivity index (χ1) is 34.6. The molecule has 1 heterocycles. The van der Waals surface area contributed by atoms with Crippen molar-refractivity contribution in [1.29, 1.82) is 0 Å². The lowest BCUT2D eigenvalue weighted by Gasteiger charge is -2.40. The van der Waals surface area contributed by atoms with Gasteiger partial charge < -0.3 is 39.0 Å². The summed E-state index contributed by atoms with van der Waals surface area (Å²) in [5.74, 6) is -3.16. The number of aliphatic hydroxyl groups excluding tert-OH is 2. The van der Waals surface area contributed by atoms with E-state index in [4.69, 9.17) is 23.7 Å². The Morgan fingerprint density at radius 3 is 1.39 bits per heavy atom. The van der Waals surface area contributed by atoms with Crippen molar-refractivity contribution >= 4 is 23.9 Å². The van der Waals surface area contributed by atoms with Crippen molar-refractivity contribution in [2.45, 2.75) is 276 Å². The number of hydrogen-bond acceptors (Lipinski definition) is 11. The summed E-state index contributed by atoms with van der Waals surface area (Å²) < 4.78 is 28.3. The van der Waals surface area contributed by atoms with E-state index >= 15 is 0 Å². The lowest BCUT2D eigenvalue weighted by Crippen LogP contribution is -2.61. The molecule has 12 heteroatoms. The first-order valence-corrected chi connectivity index (χ1v) is 28.3. The Balaban J connectivity index is 2.70. The number of hydrogen-bond donors (Lipinski definition) is 3. The third-order valence-electron chi connectivity index (χ3n) is 12.6. The molecule has 1 aliphatic heterocycles. The third kappa shape index (κ3) is 37.8. The summed E-state index contributed by atoms with van der Waals surface area (Å²) in [6.07, 6.45) is 44.8. The van der Waals surface area contributed by atoms with Crippen LogP contribution in [0, 0.1) is 0 Å². The van der Waals surface area contributed by atoms with Crippen LogP contribution in [0.3, 0.4) is 0 Å². The summed E-state index contributed by atoms with van der Waals surface area (Å²) in [6.45, 7) is 5.81. The maximum absolute atomic E-state index is 13.1. The molecular formula is C59H100O12. The van der Waals surface area contributed by atoms with E-state index in [0.29, 0.717) is 19.3 Å². The highest BCUT2D eigenvalue weighted by molar-refractivity contribution is 5.74. The fourth-order valence-electron chi connectivity index (χ4n) is 8.24. The van der Waals surface area contributed by atoms with E-state index in [1.807, 2.05) is 0 Å². The largest absolute Gasteiger partial charge is 0.479 e. The van der Waals surface area contributed by atoms with Gasteiger partial charge in [0.15, 0.2) is 24.6 Å². The Hall–Kier alpha value is -3.58. The first-order valence-electron chi connectivity index (χ1n) is 28.3. The molecule has 6 unspecified atom stereocenters. The molecule has 1 saturated heterocycles. The molecule has 0 aliphatic carbocycles. The normalized spacial score (nSPS) is 18.9. The van der Waals surface area contributed by atoms with E-state index in [1.165, 1.54) is 64.2 Å². The molecule has 1 rings (SSSR count). The van der Waals surface area contributed by atoms with Crippen LogP contribution in [0.1, 0.15) is 239 Å². The SMILES string of the molecule is CC/C=C\C/C=C\C/C=C\CCCCCC(=O)OCC(COC1OC(C(=O)O)C(O)C(O)C1OC(=O)CCCCCCCCC/C=C\C/C=C\CCCCC)OC(=O)CCCCCCCCCCCCC. The van der Waals surface area contributed by atoms with Gasteiger partial charge in [0.2, 0.25) is 0 Å². The molecular weight excluding hydrogens is 901 g/mol. The van der Waals surface area contributed by atoms with Crippen LogP contribution < -0.4 is 0 Å². The van der Waals surface area contributed by atoms with Crippen LogP contribution in [0.2, 0.25) is 0 Å². The molecule has 0 amide bonds. The van der Waals surface area contributed by atoms with Gasteiger partial charge in [-0.3, -0.25) is 14.4 Å². The summed E-state index contributed by atoms with van der Waals surface area (Å²) >= 11 is 0. The second-order valence-corrected chi connectivity index (χ2v) is 19.2. The minimum Gasteiger partial charge on any atom is -0.479 e. The van der Waals surface area contributed by atoms with Gasteiger partial charge in [-0.25, -0.2) is 4.79 Å². The monoisotopic (exact) mass is 1000 g/mol. The van der Waals surface area contributed by atoms with Crippen LogP contribution in [0.25, 0.3) is 0 Å². The predicted octanol–water partition coefficient (Wildman–Crippen LogP) is 14.0. The molecule has 0 bridgehead atoms. The number of unbranched alkanes of at least 4 members (excludes halogenated alkanes) is 23. The van der Waals surface area contributed by atoms with Crippen molar-refractivity contribution in [2.24, 2.45) is 0 Å². The average Bonchev–Trinajstić information content (AvgIpc) is 3.35. The van der Waals surface area contributed by atoms with Crippen LogP contribution in [-0.4, -0.2) is 89.2 Å². The summed E-state index contributed by atoms with van der Waals surface area (Å²) in [5, 5.41) is 31.4. The molecule has 0 radical (unpaired) electrons. The summed E-state index contributed by atoms with van der Waals surface area (Å²) in [4.78, 5) is 50.9. The number of rotatable bonds is 47. The topological polar surface area (TPSA) is 175 Å². The van der Waals surface area contributed by atoms with Crippen molar-refractivity contribution in [3.8, 4) is 0 Å². The average molecular weight is 1000 g/mol. The molecule has 0 saturated carbocycles. The second kappa shape index (κ2) is 47.4. The zero-order valence-corrected chi connectivity index (χ0v) is 44.7. The molecule has 0 spiro atoms. The minimum absolute atomic E-state index is 0.0488. The molecule has 0 aromatic carbocycles. The molecule has 408 valence electrons. The van der Waals surface area contributed by atoms with E-state index < -0.39 is 67.3 Å². The number of carbonyl (C=O) groups excluding carboxylic acids is 3. The van der Waals surface area contributed by atoms with Gasteiger partial charge >= 0.3 is 23.9 Å². The molecule has 0 aromatic rings. The summed E-state index contributed by atoms with van der Waals surface area (Å²) in [5.41, 5.74) is 0. The van der Waals surface area contributed by atoms with Crippen LogP contribution in [0.5, 0.6) is 0 Å². The summed E-state index contributed by atoms with van der Waals surface area (Å²) in [7, 11) is 0. The lowest BCUT2D eigenvalue weighted by atomic mass is 9.98. The van der Waals surface area contributed by atoms with Gasteiger partial charge in [-0.15, -0.1) is 0 Å². The Morgan fingerprint density at radius 2 is 0.887 bits per heavy atom. The highest BCUT2D eigenvalue weighted by Gasteiger charge is 2.50. The zero-order valence-electron chi connectivity index (χ0n) is 44.7. The van der Waals surface area contributed by atoms with Gasteiger partial charge in [0.05, 0.1) is 6.61 Å². The lowest BCUT2D eigenvalue weighted by molar-refractivity contribution is -0.301. The van der Waals surface area contributed by atoms with Crippen molar-refractivity contribution in [1.82, 2.24) is 0 Å². The van der Waals surface area contributed by atoms with Gasteiger partial charge in [-0.1, -0.05) is 197 Å². The fraction of sp³-hybridized carbons (Fsp3) is 0.763. The van der Waals surface area contributed by atoms with Gasteiger partial charge in [0.1, 0.15) is 18.8 Å². The van der Waals surface area contributed by atoms with Gasteiger partial charge in [-0.05, 0) is 83.5 Å². The van der Waals surface area contributed by atoms with E-state index in [2.05, 4.69) is 81.5 Å². The highest BCUT2D eigenvalue weighted by Crippen LogP contribution is 2.26. The number of carbonyl (C=O) groups is 4. The van der Waals surface area contributed by atoms with Gasteiger partial charge in [0, 0.05) is 19.3 Å². The number of allylic oxidation sites excluding steroid dienone is 10. The Kier molecular flexibility index (Phi) is 43.7. The second-order valence-electron chi connectivity index (χ2n) is 19.2. The van der Waals surface area contributed by atoms with Crippen molar-refractivity contribution in [2.75, 3.05) is 13.2 Å². The maximum Gasteiger partial charge on any atom is 0.335 e. The molecule has 0 aromatic heterocycles. The minimum atomic E-state index is -1.91. The Labute approximate surface area is 430 Å². The maximum atomic E-state index is 13.1. The third-order valence-corrected chi connectivity index (χ3v) is 12.6. The quantitative estimate of drug-likeness (QED) is 0.0228. The fourth-order valence-corrected chi connectivity index (χ4v) is 8.24. The number of aliphatic hydroxyl groups is 2. The Morgan fingerprint density at radius 1 is 0.479 bits per heavy atom. The number of carboxylic acids is 1. The van der Waals surface area contributed by atoms with Gasteiger partial charge in [0.25, 0.3) is 0 Å². The van der Waals surface area contributed by atoms with Crippen LogP contribution >= 0.6 is 0 Å². The van der Waals surface area contributed by atoms with Crippen molar-refractivity contribution < 1.29 is 58.2 Å². The van der Waals surface area contributed by atoms with E-state index in [-0.39, 0.29) is 25.9 Å². The molecule has 3 N–H and O–H groups in total. The molecule has 6 atom stereocenters. The number of carboxylic acid groups (broad SMARTS) is 1. The first kappa shape index (κ1) is 65.4. The smallest absolute Gasteiger partial charge is 0.335 e. The van der Waals surface area contributed by atoms with Crippen LogP contribution in [0.15, 0.2) is 60.8 Å². The van der Waals surface area contributed by atoms with E-state index in [9.17, 15) is 34.5 Å².